The van der Waals surface area contributed by atoms with Gasteiger partial charge in [0, 0.05) is 19.8 Å². The molecule has 0 fully saturated rings. The second-order valence-electron chi connectivity index (χ2n) is 4.87. The maximum atomic E-state index is 10.9. The zero-order chi connectivity index (χ0) is 14.7. The second kappa shape index (κ2) is 5.65. The van der Waals surface area contributed by atoms with Gasteiger partial charge in [0.25, 0.3) is 0 Å². The SMILES string of the molecule is Cc1cc(C(=O)O)ccc1Nc1ccccc1N(C)C. The summed E-state index contributed by atoms with van der Waals surface area (Å²) in [4.78, 5) is 13.0. The van der Waals surface area contributed by atoms with Crippen LogP contribution in [0.4, 0.5) is 17.1 Å². The highest BCUT2D eigenvalue weighted by Gasteiger charge is 2.08. The van der Waals surface area contributed by atoms with Gasteiger partial charge in [-0.3, -0.25) is 0 Å². The second-order valence-corrected chi connectivity index (χ2v) is 4.87. The number of aryl methyl sites for hydroxylation is 1. The first kappa shape index (κ1) is 13.9. The molecule has 0 saturated heterocycles. The van der Waals surface area contributed by atoms with E-state index in [0.29, 0.717) is 5.56 Å². The topological polar surface area (TPSA) is 52.6 Å². The fourth-order valence-corrected chi connectivity index (χ4v) is 2.05. The van der Waals surface area contributed by atoms with Crippen molar-refractivity contribution < 1.29 is 9.90 Å². The van der Waals surface area contributed by atoms with Crippen LogP contribution >= 0.6 is 0 Å². The lowest BCUT2D eigenvalue weighted by molar-refractivity contribution is 0.0697. The third-order valence-corrected chi connectivity index (χ3v) is 3.13. The van der Waals surface area contributed by atoms with Crippen molar-refractivity contribution in [3.63, 3.8) is 0 Å². The largest absolute Gasteiger partial charge is 0.478 e. The van der Waals surface area contributed by atoms with Crippen LogP contribution in [-0.2, 0) is 0 Å². The van der Waals surface area contributed by atoms with Gasteiger partial charge in [0.15, 0.2) is 0 Å². The van der Waals surface area contributed by atoms with Crippen molar-refractivity contribution >= 4 is 23.0 Å². The average molecular weight is 270 g/mol. The number of benzene rings is 2. The number of anilines is 3. The molecule has 0 radical (unpaired) electrons. The van der Waals surface area contributed by atoms with E-state index in [0.717, 1.165) is 22.6 Å². The van der Waals surface area contributed by atoms with Gasteiger partial charge in [0.1, 0.15) is 0 Å². The number of carboxylic acid groups (broad SMARTS) is 1. The first-order chi connectivity index (χ1) is 9.49. The van der Waals surface area contributed by atoms with E-state index in [2.05, 4.69) is 5.32 Å². The Morgan fingerprint density at radius 2 is 1.80 bits per heavy atom. The number of carbonyl (C=O) groups is 1. The highest BCUT2D eigenvalue weighted by Crippen LogP contribution is 2.28. The Balaban J connectivity index is 2.33. The van der Waals surface area contributed by atoms with Crippen molar-refractivity contribution in [3.05, 3.63) is 53.6 Å². The highest BCUT2D eigenvalue weighted by atomic mass is 16.4. The molecule has 2 aromatic rings. The number of hydrogen-bond acceptors (Lipinski definition) is 3. The van der Waals surface area contributed by atoms with Crippen molar-refractivity contribution in [2.75, 3.05) is 24.3 Å². The van der Waals surface area contributed by atoms with Crippen LogP contribution in [0.3, 0.4) is 0 Å². The van der Waals surface area contributed by atoms with Crippen LogP contribution in [-0.4, -0.2) is 25.2 Å². The van der Waals surface area contributed by atoms with Crippen LogP contribution in [0.1, 0.15) is 15.9 Å². The fourth-order valence-electron chi connectivity index (χ4n) is 2.05. The van der Waals surface area contributed by atoms with Crippen LogP contribution in [0.15, 0.2) is 42.5 Å². The zero-order valence-electron chi connectivity index (χ0n) is 11.8. The summed E-state index contributed by atoms with van der Waals surface area (Å²) in [5.74, 6) is -0.909. The molecule has 20 heavy (non-hydrogen) atoms. The quantitative estimate of drug-likeness (QED) is 0.892. The third kappa shape index (κ3) is 2.91. The minimum Gasteiger partial charge on any atom is -0.478 e. The van der Waals surface area contributed by atoms with E-state index in [9.17, 15) is 4.79 Å². The van der Waals surface area contributed by atoms with E-state index in [4.69, 9.17) is 5.11 Å². The van der Waals surface area contributed by atoms with Gasteiger partial charge >= 0.3 is 5.97 Å². The van der Waals surface area contributed by atoms with Crippen LogP contribution in [0, 0.1) is 6.92 Å². The molecule has 0 aromatic heterocycles. The lowest BCUT2D eigenvalue weighted by atomic mass is 10.1. The van der Waals surface area contributed by atoms with Crippen molar-refractivity contribution in [1.29, 1.82) is 0 Å². The van der Waals surface area contributed by atoms with Gasteiger partial charge in [-0.05, 0) is 42.8 Å². The van der Waals surface area contributed by atoms with Gasteiger partial charge in [-0.2, -0.15) is 0 Å². The van der Waals surface area contributed by atoms with E-state index in [1.807, 2.05) is 50.2 Å². The normalized spacial score (nSPS) is 10.2. The number of nitrogens with zero attached hydrogens (tertiary/aromatic N) is 1. The molecule has 2 aromatic carbocycles. The summed E-state index contributed by atoms with van der Waals surface area (Å²) in [5.41, 5.74) is 4.18. The Morgan fingerprint density at radius 3 is 2.40 bits per heavy atom. The molecule has 104 valence electrons. The van der Waals surface area contributed by atoms with Crippen LogP contribution in [0.25, 0.3) is 0 Å². The van der Waals surface area contributed by atoms with Gasteiger partial charge in [-0.1, -0.05) is 12.1 Å². The number of rotatable bonds is 4. The Labute approximate surface area is 118 Å². The summed E-state index contributed by atoms with van der Waals surface area (Å²) in [6, 6.07) is 13.1. The van der Waals surface area contributed by atoms with E-state index >= 15 is 0 Å². The maximum Gasteiger partial charge on any atom is 0.335 e. The van der Waals surface area contributed by atoms with Crippen molar-refractivity contribution in [3.8, 4) is 0 Å². The first-order valence-corrected chi connectivity index (χ1v) is 6.36. The molecule has 4 nitrogen and oxygen atoms in total. The van der Waals surface area contributed by atoms with Crippen molar-refractivity contribution in [2.45, 2.75) is 6.92 Å². The Morgan fingerprint density at radius 1 is 1.10 bits per heavy atom. The lowest BCUT2D eigenvalue weighted by Gasteiger charge is -2.19. The summed E-state index contributed by atoms with van der Waals surface area (Å²) in [5, 5.41) is 12.3. The van der Waals surface area contributed by atoms with Crippen molar-refractivity contribution in [2.24, 2.45) is 0 Å². The molecule has 0 bridgehead atoms. The van der Waals surface area contributed by atoms with Gasteiger partial charge < -0.3 is 15.3 Å². The van der Waals surface area contributed by atoms with E-state index in [1.54, 1.807) is 18.2 Å². The summed E-state index contributed by atoms with van der Waals surface area (Å²) in [6.45, 7) is 1.90. The van der Waals surface area contributed by atoms with Crippen LogP contribution in [0.5, 0.6) is 0 Å². The molecular weight excluding hydrogens is 252 g/mol. The zero-order valence-corrected chi connectivity index (χ0v) is 11.8. The Kier molecular flexibility index (Phi) is 3.94. The van der Waals surface area contributed by atoms with E-state index in [-0.39, 0.29) is 0 Å². The molecule has 0 spiro atoms. The van der Waals surface area contributed by atoms with Crippen LogP contribution < -0.4 is 10.2 Å². The summed E-state index contributed by atoms with van der Waals surface area (Å²) < 4.78 is 0. The molecule has 0 atom stereocenters. The maximum absolute atomic E-state index is 10.9. The molecule has 2 rings (SSSR count). The lowest BCUT2D eigenvalue weighted by Crippen LogP contribution is -2.11. The molecule has 0 aliphatic carbocycles. The standard InChI is InChI=1S/C16H18N2O2/c1-11-10-12(16(19)20)8-9-13(11)17-14-6-4-5-7-15(14)18(2)3/h4-10,17H,1-3H3,(H,19,20). The van der Waals surface area contributed by atoms with Gasteiger partial charge in [0.05, 0.1) is 16.9 Å². The molecule has 0 heterocycles. The summed E-state index contributed by atoms with van der Waals surface area (Å²) in [7, 11) is 3.97. The minimum atomic E-state index is -0.909. The predicted molar refractivity (Wildman–Crippen MR) is 82.2 cm³/mol. The smallest absolute Gasteiger partial charge is 0.335 e. The van der Waals surface area contributed by atoms with E-state index < -0.39 is 5.97 Å². The molecule has 0 unspecified atom stereocenters. The average Bonchev–Trinajstić information content (AvgIpc) is 2.41. The van der Waals surface area contributed by atoms with Crippen molar-refractivity contribution in [1.82, 2.24) is 0 Å². The number of para-hydroxylation sites is 2. The molecule has 4 heteroatoms. The van der Waals surface area contributed by atoms with Gasteiger partial charge in [-0.15, -0.1) is 0 Å². The number of carboxylic acids is 1. The summed E-state index contributed by atoms with van der Waals surface area (Å²) in [6.07, 6.45) is 0. The van der Waals surface area contributed by atoms with Crippen LogP contribution in [0.2, 0.25) is 0 Å². The minimum absolute atomic E-state index is 0.300. The molecule has 0 aliphatic rings. The Hall–Kier alpha value is -2.49. The molecule has 0 saturated carbocycles. The molecule has 2 N–H and O–H groups in total. The van der Waals surface area contributed by atoms with Gasteiger partial charge in [-0.25, -0.2) is 4.79 Å². The predicted octanol–water partition coefficient (Wildman–Crippen LogP) is 3.50. The molecule has 0 amide bonds. The fraction of sp³-hybridized carbons (Fsp3) is 0.188. The first-order valence-electron chi connectivity index (χ1n) is 6.36. The number of aromatic carboxylic acids is 1. The molecule has 0 aliphatic heterocycles. The molecular formula is C16H18N2O2. The third-order valence-electron chi connectivity index (χ3n) is 3.13. The van der Waals surface area contributed by atoms with Gasteiger partial charge in [0.2, 0.25) is 0 Å². The van der Waals surface area contributed by atoms with E-state index in [1.165, 1.54) is 0 Å². The highest BCUT2D eigenvalue weighted by molar-refractivity contribution is 5.89. The monoisotopic (exact) mass is 270 g/mol. The Bertz CT molecular complexity index is 636. The summed E-state index contributed by atoms with van der Waals surface area (Å²) >= 11 is 0. The number of hydrogen-bond donors (Lipinski definition) is 2. The number of nitrogens with one attached hydrogen (secondary N) is 1.